The lowest BCUT2D eigenvalue weighted by Gasteiger charge is -2.14. The van der Waals surface area contributed by atoms with E-state index in [0.717, 1.165) is 31.9 Å². The van der Waals surface area contributed by atoms with Gasteiger partial charge in [-0.25, -0.2) is 0 Å². The van der Waals surface area contributed by atoms with Crippen molar-refractivity contribution in [2.75, 3.05) is 20.2 Å². The van der Waals surface area contributed by atoms with Crippen LogP contribution in [0.4, 0.5) is 0 Å². The third kappa shape index (κ3) is 5.01. The quantitative estimate of drug-likeness (QED) is 0.158. The van der Waals surface area contributed by atoms with E-state index in [9.17, 15) is 0 Å². The van der Waals surface area contributed by atoms with Crippen LogP contribution in [0, 0.1) is 0 Å². The number of rotatable bonds is 12. The van der Waals surface area contributed by atoms with Gasteiger partial charge in [0.25, 0.3) is 0 Å². The lowest BCUT2D eigenvalue weighted by molar-refractivity contribution is 0.414. The van der Waals surface area contributed by atoms with Crippen molar-refractivity contribution in [1.82, 2.24) is 10.6 Å². The number of methoxy groups -OCH3 is 1. The first-order valence-corrected chi connectivity index (χ1v) is 12.5. The predicted molar refractivity (Wildman–Crippen MR) is 145 cm³/mol. The molecule has 0 aromatic heterocycles. The number of hydrogen-bond acceptors (Lipinski definition) is 3. The average molecular weight is 451 g/mol. The molecule has 0 saturated heterocycles. The molecule has 0 aliphatic heterocycles. The molecule has 0 amide bonds. The molecule has 0 bridgehead atoms. The Morgan fingerprint density at radius 2 is 1.21 bits per heavy atom. The molecule has 5 rings (SSSR count). The van der Waals surface area contributed by atoms with Gasteiger partial charge in [-0.15, -0.1) is 0 Å². The van der Waals surface area contributed by atoms with Crippen LogP contribution >= 0.6 is 0 Å². The van der Waals surface area contributed by atoms with E-state index in [4.69, 9.17) is 4.74 Å². The standard InChI is InChI=1S/C31H34N2O/c1-34-28-16-9-23(10-17-28)21-32-19-4-2-3-5-20-33-22-27-14-13-26-12-11-24-7-6-8-25-15-18-29(27)31(26)30(24)25/h6-18,32-33H,2-5,19-22H2,1H3. The summed E-state index contributed by atoms with van der Waals surface area (Å²) in [6, 6.07) is 28.5. The minimum Gasteiger partial charge on any atom is -0.497 e. The van der Waals surface area contributed by atoms with Gasteiger partial charge >= 0.3 is 0 Å². The van der Waals surface area contributed by atoms with Crippen molar-refractivity contribution in [3.05, 3.63) is 90.0 Å². The van der Waals surface area contributed by atoms with E-state index in [0.29, 0.717) is 0 Å². The van der Waals surface area contributed by atoms with E-state index in [2.05, 4.69) is 77.4 Å². The summed E-state index contributed by atoms with van der Waals surface area (Å²) < 4.78 is 5.21. The van der Waals surface area contributed by atoms with Gasteiger partial charge in [0.15, 0.2) is 0 Å². The molecule has 0 fully saturated rings. The molecule has 34 heavy (non-hydrogen) atoms. The summed E-state index contributed by atoms with van der Waals surface area (Å²) in [5, 5.41) is 15.4. The van der Waals surface area contributed by atoms with Crippen molar-refractivity contribution in [2.24, 2.45) is 0 Å². The molecular formula is C31H34N2O. The van der Waals surface area contributed by atoms with Crippen molar-refractivity contribution in [1.29, 1.82) is 0 Å². The maximum Gasteiger partial charge on any atom is 0.118 e. The maximum atomic E-state index is 5.21. The number of unbranched alkanes of at least 4 members (excludes halogenated alkanes) is 3. The number of hydrogen-bond donors (Lipinski definition) is 2. The normalized spacial score (nSPS) is 11.7. The van der Waals surface area contributed by atoms with E-state index in [1.807, 2.05) is 12.1 Å². The number of benzene rings is 5. The second-order valence-corrected chi connectivity index (χ2v) is 9.20. The first-order chi connectivity index (χ1) is 16.8. The molecule has 0 atom stereocenters. The van der Waals surface area contributed by atoms with E-state index in [1.165, 1.54) is 69.1 Å². The van der Waals surface area contributed by atoms with Gasteiger partial charge in [0.2, 0.25) is 0 Å². The molecule has 5 aromatic carbocycles. The summed E-state index contributed by atoms with van der Waals surface area (Å²) in [4.78, 5) is 0. The average Bonchev–Trinajstić information content (AvgIpc) is 2.89. The van der Waals surface area contributed by atoms with Gasteiger partial charge in [0.05, 0.1) is 7.11 Å². The molecule has 5 aromatic rings. The second kappa shape index (κ2) is 10.9. The topological polar surface area (TPSA) is 33.3 Å². The van der Waals surface area contributed by atoms with Crippen LogP contribution in [-0.4, -0.2) is 20.2 Å². The third-order valence-electron chi connectivity index (χ3n) is 6.88. The molecule has 0 spiro atoms. The molecule has 3 heteroatoms. The van der Waals surface area contributed by atoms with Crippen LogP contribution < -0.4 is 15.4 Å². The molecule has 0 unspecified atom stereocenters. The Balaban J connectivity index is 1.04. The number of nitrogens with one attached hydrogen (secondary N) is 2. The molecule has 0 aliphatic rings. The molecule has 0 heterocycles. The van der Waals surface area contributed by atoms with E-state index < -0.39 is 0 Å². The Morgan fingerprint density at radius 1 is 0.588 bits per heavy atom. The fourth-order valence-corrected chi connectivity index (χ4v) is 5.00. The minimum atomic E-state index is 0.913. The van der Waals surface area contributed by atoms with Crippen molar-refractivity contribution in [2.45, 2.75) is 38.8 Å². The molecule has 2 N–H and O–H groups in total. The van der Waals surface area contributed by atoms with Crippen LogP contribution in [-0.2, 0) is 13.1 Å². The molecular weight excluding hydrogens is 416 g/mol. The summed E-state index contributed by atoms with van der Waals surface area (Å²) in [7, 11) is 1.70. The van der Waals surface area contributed by atoms with E-state index in [1.54, 1.807) is 7.11 Å². The molecule has 0 saturated carbocycles. The lowest BCUT2D eigenvalue weighted by Crippen LogP contribution is -2.16. The fourth-order valence-electron chi connectivity index (χ4n) is 5.00. The van der Waals surface area contributed by atoms with Crippen LogP contribution in [0.2, 0.25) is 0 Å². The van der Waals surface area contributed by atoms with Gasteiger partial charge in [-0.1, -0.05) is 79.6 Å². The Morgan fingerprint density at radius 3 is 1.91 bits per heavy atom. The first-order valence-electron chi connectivity index (χ1n) is 12.5. The van der Waals surface area contributed by atoms with E-state index >= 15 is 0 Å². The Bertz CT molecular complexity index is 1330. The minimum absolute atomic E-state index is 0.913. The maximum absolute atomic E-state index is 5.21. The highest BCUT2D eigenvalue weighted by molar-refractivity contribution is 6.23. The summed E-state index contributed by atoms with van der Waals surface area (Å²) in [5.74, 6) is 0.913. The van der Waals surface area contributed by atoms with Gasteiger partial charge in [0, 0.05) is 13.1 Å². The van der Waals surface area contributed by atoms with Crippen LogP contribution in [0.5, 0.6) is 5.75 Å². The van der Waals surface area contributed by atoms with Crippen LogP contribution in [0.3, 0.4) is 0 Å². The van der Waals surface area contributed by atoms with Gasteiger partial charge in [-0.3, -0.25) is 0 Å². The molecule has 0 aliphatic carbocycles. The summed E-state index contributed by atoms with van der Waals surface area (Å²) in [5.41, 5.74) is 2.70. The van der Waals surface area contributed by atoms with Crippen molar-refractivity contribution in [3.63, 3.8) is 0 Å². The van der Waals surface area contributed by atoms with E-state index in [-0.39, 0.29) is 0 Å². The van der Waals surface area contributed by atoms with Crippen molar-refractivity contribution >= 4 is 32.3 Å². The van der Waals surface area contributed by atoms with Gasteiger partial charge in [-0.2, -0.15) is 0 Å². The monoisotopic (exact) mass is 450 g/mol. The Kier molecular flexibility index (Phi) is 7.23. The lowest BCUT2D eigenvalue weighted by atomic mass is 9.92. The highest BCUT2D eigenvalue weighted by atomic mass is 16.5. The Labute approximate surface area is 202 Å². The third-order valence-corrected chi connectivity index (χ3v) is 6.88. The zero-order valence-corrected chi connectivity index (χ0v) is 20.1. The van der Waals surface area contributed by atoms with Crippen LogP contribution in [0.1, 0.15) is 36.8 Å². The van der Waals surface area contributed by atoms with Gasteiger partial charge in [0.1, 0.15) is 5.75 Å². The first kappa shape index (κ1) is 22.6. The summed E-state index contributed by atoms with van der Waals surface area (Å²) in [6.45, 7) is 3.99. The largest absolute Gasteiger partial charge is 0.497 e. The molecule has 0 radical (unpaired) electrons. The number of ether oxygens (including phenoxy) is 1. The second-order valence-electron chi connectivity index (χ2n) is 9.20. The summed E-state index contributed by atoms with van der Waals surface area (Å²) in [6.07, 6.45) is 5.00. The van der Waals surface area contributed by atoms with Crippen LogP contribution in [0.25, 0.3) is 32.3 Å². The Hall–Kier alpha value is -3.14. The molecule has 174 valence electrons. The highest BCUT2D eigenvalue weighted by Crippen LogP contribution is 2.35. The van der Waals surface area contributed by atoms with Crippen molar-refractivity contribution in [3.8, 4) is 5.75 Å². The highest BCUT2D eigenvalue weighted by Gasteiger charge is 2.10. The van der Waals surface area contributed by atoms with Gasteiger partial charge in [-0.05, 0) is 81.5 Å². The molecule has 3 nitrogen and oxygen atoms in total. The smallest absolute Gasteiger partial charge is 0.118 e. The van der Waals surface area contributed by atoms with Crippen LogP contribution in [0.15, 0.2) is 78.9 Å². The van der Waals surface area contributed by atoms with Gasteiger partial charge < -0.3 is 15.4 Å². The fraction of sp³-hybridized carbons (Fsp3) is 0.290. The SMILES string of the molecule is COc1ccc(CNCCCCCCNCc2ccc3ccc4cccc5ccc2c3c45)cc1. The zero-order chi connectivity index (χ0) is 23.2. The summed E-state index contributed by atoms with van der Waals surface area (Å²) >= 11 is 0. The van der Waals surface area contributed by atoms with Crippen molar-refractivity contribution < 1.29 is 4.74 Å². The zero-order valence-electron chi connectivity index (χ0n) is 20.1. The predicted octanol–water partition coefficient (Wildman–Crippen LogP) is 7.03.